The molecule has 0 spiro atoms. The lowest BCUT2D eigenvalue weighted by atomic mass is 10.2. The standard InChI is InChI=1S/C11H16F3N5/c1-6-8(16-5-4-11(12,13)14)17-10(7-2-3-7)18-9(6)19-15/h7H,2-5,15H2,1H3,(H2,16,17,18,19). The Bertz CT molecular complexity index is 456. The van der Waals surface area contributed by atoms with Crippen molar-refractivity contribution >= 4 is 11.6 Å². The molecule has 1 heterocycles. The third-order valence-corrected chi connectivity index (χ3v) is 2.94. The van der Waals surface area contributed by atoms with E-state index in [0.717, 1.165) is 12.8 Å². The molecule has 4 N–H and O–H groups in total. The summed E-state index contributed by atoms with van der Waals surface area (Å²) in [5.74, 6) is 7.15. The molecule has 5 nitrogen and oxygen atoms in total. The van der Waals surface area contributed by atoms with E-state index in [1.54, 1.807) is 6.92 Å². The van der Waals surface area contributed by atoms with Crippen molar-refractivity contribution in [3.63, 3.8) is 0 Å². The molecule has 1 saturated carbocycles. The molecule has 19 heavy (non-hydrogen) atoms. The second-order valence-corrected chi connectivity index (χ2v) is 4.61. The SMILES string of the molecule is Cc1c(NN)nc(C2CC2)nc1NCCC(F)(F)F. The van der Waals surface area contributed by atoms with Gasteiger partial charge in [-0.3, -0.25) is 0 Å². The monoisotopic (exact) mass is 275 g/mol. The minimum Gasteiger partial charge on any atom is -0.369 e. The van der Waals surface area contributed by atoms with Crippen molar-refractivity contribution in [1.82, 2.24) is 9.97 Å². The maximum Gasteiger partial charge on any atom is 0.390 e. The van der Waals surface area contributed by atoms with Gasteiger partial charge in [-0.05, 0) is 19.8 Å². The highest BCUT2D eigenvalue weighted by Gasteiger charge is 2.29. The minimum atomic E-state index is -4.18. The third kappa shape index (κ3) is 3.69. The minimum absolute atomic E-state index is 0.213. The van der Waals surface area contributed by atoms with Crippen LogP contribution in [0.3, 0.4) is 0 Å². The first kappa shape index (κ1) is 13.9. The zero-order chi connectivity index (χ0) is 14.0. The molecule has 1 aliphatic rings. The number of nitrogens with two attached hydrogens (primary N) is 1. The number of aromatic nitrogens is 2. The van der Waals surface area contributed by atoms with Gasteiger partial charge in [-0.15, -0.1) is 0 Å². The van der Waals surface area contributed by atoms with Crippen molar-refractivity contribution in [3.05, 3.63) is 11.4 Å². The summed E-state index contributed by atoms with van der Waals surface area (Å²) in [7, 11) is 0. The molecular weight excluding hydrogens is 259 g/mol. The average Bonchev–Trinajstić information content (AvgIpc) is 3.13. The molecule has 1 aromatic rings. The van der Waals surface area contributed by atoms with Gasteiger partial charge in [0.15, 0.2) is 0 Å². The van der Waals surface area contributed by atoms with Gasteiger partial charge >= 0.3 is 6.18 Å². The Labute approximate surface area is 108 Å². The lowest BCUT2D eigenvalue weighted by Crippen LogP contribution is -2.18. The maximum atomic E-state index is 12.1. The number of hydrogen-bond donors (Lipinski definition) is 3. The lowest BCUT2D eigenvalue weighted by Gasteiger charge is -2.14. The Morgan fingerprint density at radius 1 is 1.26 bits per heavy atom. The summed E-state index contributed by atoms with van der Waals surface area (Å²) in [6, 6.07) is 0. The summed E-state index contributed by atoms with van der Waals surface area (Å²) in [6.45, 7) is 1.50. The Kier molecular flexibility index (Phi) is 3.79. The van der Waals surface area contributed by atoms with E-state index in [-0.39, 0.29) is 6.54 Å². The van der Waals surface area contributed by atoms with E-state index in [0.29, 0.717) is 28.9 Å². The van der Waals surface area contributed by atoms with Crippen LogP contribution >= 0.6 is 0 Å². The number of nitrogens with zero attached hydrogens (tertiary/aromatic N) is 2. The maximum absolute atomic E-state index is 12.1. The van der Waals surface area contributed by atoms with Gasteiger partial charge in [0.25, 0.3) is 0 Å². The summed E-state index contributed by atoms with van der Waals surface area (Å²) in [6.07, 6.45) is -3.06. The predicted molar refractivity (Wildman–Crippen MR) is 65.7 cm³/mol. The third-order valence-electron chi connectivity index (χ3n) is 2.94. The molecule has 1 fully saturated rings. The van der Waals surface area contributed by atoms with Gasteiger partial charge in [-0.2, -0.15) is 13.2 Å². The highest BCUT2D eigenvalue weighted by Crippen LogP contribution is 2.39. The first-order chi connectivity index (χ1) is 8.90. The molecule has 0 bridgehead atoms. The van der Waals surface area contributed by atoms with Crippen LogP contribution in [-0.4, -0.2) is 22.7 Å². The normalized spacial score (nSPS) is 15.4. The molecule has 0 unspecified atom stereocenters. The van der Waals surface area contributed by atoms with Crippen LogP contribution in [0.1, 0.15) is 36.6 Å². The Morgan fingerprint density at radius 2 is 1.89 bits per heavy atom. The van der Waals surface area contributed by atoms with E-state index in [1.807, 2.05) is 0 Å². The molecule has 0 saturated heterocycles. The van der Waals surface area contributed by atoms with Gasteiger partial charge < -0.3 is 10.7 Å². The molecular formula is C11H16F3N5. The molecule has 0 atom stereocenters. The van der Waals surface area contributed by atoms with Crippen molar-refractivity contribution in [1.29, 1.82) is 0 Å². The van der Waals surface area contributed by atoms with Crippen molar-refractivity contribution in [2.45, 2.75) is 38.3 Å². The molecule has 2 rings (SSSR count). The number of anilines is 2. The smallest absolute Gasteiger partial charge is 0.369 e. The fourth-order valence-corrected chi connectivity index (χ4v) is 1.69. The van der Waals surface area contributed by atoms with Crippen molar-refractivity contribution in [2.24, 2.45) is 5.84 Å². The van der Waals surface area contributed by atoms with Gasteiger partial charge in [0.05, 0.1) is 6.42 Å². The van der Waals surface area contributed by atoms with Gasteiger partial charge in [0.2, 0.25) is 0 Å². The summed E-state index contributed by atoms with van der Waals surface area (Å²) in [5.41, 5.74) is 3.07. The molecule has 0 amide bonds. The Morgan fingerprint density at radius 3 is 2.42 bits per heavy atom. The lowest BCUT2D eigenvalue weighted by molar-refractivity contribution is -0.131. The Hall–Kier alpha value is -1.57. The number of hydrazine groups is 1. The number of nitrogens with one attached hydrogen (secondary N) is 2. The highest BCUT2D eigenvalue weighted by atomic mass is 19.4. The van der Waals surface area contributed by atoms with E-state index in [1.165, 1.54) is 0 Å². The highest BCUT2D eigenvalue weighted by molar-refractivity contribution is 5.57. The fourth-order valence-electron chi connectivity index (χ4n) is 1.69. The summed E-state index contributed by atoms with van der Waals surface area (Å²) >= 11 is 0. The molecule has 0 radical (unpaired) electrons. The zero-order valence-corrected chi connectivity index (χ0v) is 10.5. The van der Waals surface area contributed by atoms with Crippen LogP contribution in [0.25, 0.3) is 0 Å². The summed E-state index contributed by atoms with van der Waals surface area (Å²) in [5, 5.41) is 2.70. The van der Waals surface area contributed by atoms with Crippen LogP contribution in [0.4, 0.5) is 24.8 Å². The van der Waals surface area contributed by atoms with Gasteiger partial charge in [0, 0.05) is 18.0 Å². The Balaban J connectivity index is 2.11. The largest absolute Gasteiger partial charge is 0.390 e. The average molecular weight is 275 g/mol. The first-order valence-corrected chi connectivity index (χ1v) is 6.06. The van der Waals surface area contributed by atoms with Gasteiger partial charge in [0.1, 0.15) is 17.5 Å². The summed E-state index contributed by atoms with van der Waals surface area (Å²) in [4.78, 5) is 8.54. The van der Waals surface area contributed by atoms with Crippen LogP contribution in [0.5, 0.6) is 0 Å². The van der Waals surface area contributed by atoms with Crippen molar-refractivity contribution < 1.29 is 13.2 Å². The van der Waals surface area contributed by atoms with Crippen LogP contribution in [-0.2, 0) is 0 Å². The zero-order valence-electron chi connectivity index (χ0n) is 10.5. The molecule has 106 valence electrons. The van der Waals surface area contributed by atoms with E-state index in [2.05, 4.69) is 20.7 Å². The van der Waals surface area contributed by atoms with Crippen LogP contribution in [0.2, 0.25) is 0 Å². The molecule has 8 heteroatoms. The molecule has 1 aliphatic carbocycles. The fraction of sp³-hybridized carbons (Fsp3) is 0.636. The number of rotatable bonds is 5. The number of nitrogen functional groups attached to an aromatic ring is 1. The van der Waals surface area contributed by atoms with Crippen LogP contribution in [0.15, 0.2) is 0 Å². The van der Waals surface area contributed by atoms with Gasteiger partial charge in [-0.1, -0.05) is 0 Å². The van der Waals surface area contributed by atoms with Gasteiger partial charge in [-0.25, -0.2) is 15.8 Å². The number of hydrogen-bond acceptors (Lipinski definition) is 5. The van der Waals surface area contributed by atoms with E-state index < -0.39 is 12.6 Å². The molecule has 1 aromatic heterocycles. The van der Waals surface area contributed by atoms with Crippen LogP contribution < -0.4 is 16.6 Å². The number of halogens is 3. The van der Waals surface area contributed by atoms with E-state index >= 15 is 0 Å². The summed E-state index contributed by atoms with van der Waals surface area (Å²) < 4.78 is 36.4. The van der Waals surface area contributed by atoms with E-state index in [9.17, 15) is 13.2 Å². The quantitative estimate of drug-likeness (QED) is 0.568. The van der Waals surface area contributed by atoms with Crippen molar-refractivity contribution in [3.8, 4) is 0 Å². The second-order valence-electron chi connectivity index (χ2n) is 4.61. The predicted octanol–water partition coefficient (Wildman–Crippen LogP) is 2.31. The van der Waals surface area contributed by atoms with Crippen LogP contribution in [0, 0.1) is 6.92 Å². The number of alkyl halides is 3. The topological polar surface area (TPSA) is 75.9 Å². The second kappa shape index (κ2) is 5.20. The molecule has 0 aliphatic heterocycles. The molecule has 0 aromatic carbocycles. The first-order valence-electron chi connectivity index (χ1n) is 6.06. The van der Waals surface area contributed by atoms with Crippen molar-refractivity contribution in [2.75, 3.05) is 17.3 Å². The van der Waals surface area contributed by atoms with E-state index in [4.69, 9.17) is 5.84 Å².